The summed E-state index contributed by atoms with van der Waals surface area (Å²) in [4.78, 5) is 39.6. The summed E-state index contributed by atoms with van der Waals surface area (Å²) >= 11 is 0. The monoisotopic (exact) mass is 516 g/mol. The Morgan fingerprint density at radius 2 is 1.89 bits per heavy atom. The molecule has 1 aliphatic heterocycles. The van der Waals surface area contributed by atoms with Crippen LogP contribution in [0.2, 0.25) is 0 Å². The van der Waals surface area contributed by atoms with E-state index >= 15 is 0 Å². The van der Waals surface area contributed by atoms with Gasteiger partial charge in [-0.15, -0.1) is 0 Å². The highest BCUT2D eigenvalue weighted by Gasteiger charge is 2.61. The second kappa shape index (κ2) is 10.4. The number of unbranched alkanes of at least 4 members (excludes halogenated alkanes) is 1. The summed E-state index contributed by atoms with van der Waals surface area (Å²) in [5, 5.41) is 12.9. The van der Waals surface area contributed by atoms with Crippen molar-refractivity contribution in [2.45, 2.75) is 57.5 Å². The Bertz CT molecular complexity index is 1420. The standard InChI is InChI=1S/C30H32N2O6/c1-3-4-10-24(32-17-19(2)13-21(28(32)34)14-20-8-6-5-7-9-20)27(33)31-30(16-23(30)29(35)36)22-11-12-25-26(15-22)38-18-37-25/h5-9,11-13,15,17,23-24H,3-4,10,14,16,18H2,1-2H3,(H,31,33)(H,35,36). The van der Waals surface area contributed by atoms with E-state index in [2.05, 4.69) is 5.32 Å². The van der Waals surface area contributed by atoms with E-state index in [-0.39, 0.29) is 24.7 Å². The van der Waals surface area contributed by atoms with Gasteiger partial charge in [0.15, 0.2) is 11.5 Å². The second-order valence-corrected chi connectivity index (χ2v) is 10.2. The maximum Gasteiger partial charge on any atom is 0.309 e. The summed E-state index contributed by atoms with van der Waals surface area (Å²) in [6.45, 7) is 4.04. The zero-order valence-electron chi connectivity index (χ0n) is 21.6. The van der Waals surface area contributed by atoms with Gasteiger partial charge in [-0.1, -0.05) is 56.2 Å². The van der Waals surface area contributed by atoms with Gasteiger partial charge in [-0.3, -0.25) is 14.4 Å². The van der Waals surface area contributed by atoms with Gasteiger partial charge in [0.05, 0.1) is 11.5 Å². The van der Waals surface area contributed by atoms with Crippen LogP contribution in [0.4, 0.5) is 0 Å². The minimum atomic E-state index is -1.07. The lowest BCUT2D eigenvalue weighted by Crippen LogP contribution is -2.44. The Morgan fingerprint density at radius 3 is 2.61 bits per heavy atom. The highest BCUT2D eigenvalue weighted by Crippen LogP contribution is 2.54. The van der Waals surface area contributed by atoms with E-state index in [0.29, 0.717) is 35.5 Å². The Balaban J connectivity index is 1.48. The average Bonchev–Trinajstić information content (AvgIpc) is 3.44. The largest absolute Gasteiger partial charge is 0.481 e. The van der Waals surface area contributed by atoms with Crippen LogP contribution >= 0.6 is 0 Å². The Hall–Kier alpha value is -4.07. The SMILES string of the molecule is CCCCC(C(=O)NC1(c2ccc3c(c2)OCO3)CC1C(=O)O)n1cc(C)cc(Cc2ccccc2)c1=O. The van der Waals surface area contributed by atoms with Crippen molar-refractivity contribution < 1.29 is 24.2 Å². The lowest BCUT2D eigenvalue weighted by molar-refractivity contribution is -0.139. The van der Waals surface area contributed by atoms with E-state index in [0.717, 1.165) is 24.0 Å². The van der Waals surface area contributed by atoms with Gasteiger partial charge in [-0.25, -0.2) is 0 Å². The van der Waals surface area contributed by atoms with Crippen molar-refractivity contribution in [2.75, 3.05) is 6.79 Å². The lowest BCUT2D eigenvalue weighted by atomic mass is 9.99. The molecule has 0 bridgehead atoms. The van der Waals surface area contributed by atoms with E-state index in [1.165, 1.54) is 4.57 Å². The number of hydrogen-bond acceptors (Lipinski definition) is 5. The smallest absolute Gasteiger partial charge is 0.309 e. The summed E-state index contributed by atoms with van der Waals surface area (Å²) in [6.07, 6.45) is 4.51. The Labute approximate surface area is 221 Å². The number of ether oxygens (including phenoxy) is 2. The molecule has 3 aromatic rings. The van der Waals surface area contributed by atoms with Crippen LogP contribution in [0.25, 0.3) is 0 Å². The molecule has 0 spiro atoms. The number of pyridine rings is 1. The second-order valence-electron chi connectivity index (χ2n) is 10.2. The van der Waals surface area contributed by atoms with Gasteiger partial charge >= 0.3 is 5.97 Å². The van der Waals surface area contributed by atoms with Crippen LogP contribution in [0.3, 0.4) is 0 Å². The molecule has 1 aromatic heterocycles. The van der Waals surface area contributed by atoms with Gasteiger partial charge in [0, 0.05) is 18.2 Å². The normalized spacial score (nSPS) is 20.1. The number of aromatic nitrogens is 1. The first-order valence-corrected chi connectivity index (χ1v) is 13.0. The van der Waals surface area contributed by atoms with Gasteiger partial charge in [-0.2, -0.15) is 0 Å². The number of fused-ring (bicyclic) bond motifs is 1. The fraction of sp³-hybridized carbons (Fsp3) is 0.367. The molecule has 3 unspecified atom stereocenters. The fourth-order valence-corrected chi connectivity index (χ4v) is 5.35. The number of aryl methyl sites for hydroxylation is 1. The first-order chi connectivity index (χ1) is 18.3. The summed E-state index contributed by atoms with van der Waals surface area (Å²) in [5.41, 5.74) is 1.88. The average molecular weight is 517 g/mol. The molecule has 0 radical (unpaired) electrons. The molecule has 38 heavy (non-hydrogen) atoms. The van der Waals surface area contributed by atoms with Crippen molar-refractivity contribution in [3.63, 3.8) is 0 Å². The summed E-state index contributed by atoms with van der Waals surface area (Å²) < 4.78 is 12.4. The van der Waals surface area contributed by atoms with Gasteiger partial charge in [0.25, 0.3) is 5.56 Å². The molecular weight excluding hydrogens is 484 g/mol. The molecular formula is C30H32N2O6. The van der Waals surface area contributed by atoms with E-state index in [1.54, 1.807) is 24.4 Å². The predicted octanol–water partition coefficient (Wildman–Crippen LogP) is 4.32. The third-order valence-electron chi connectivity index (χ3n) is 7.45. The van der Waals surface area contributed by atoms with Crippen LogP contribution in [0.15, 0.2) is 65.6 Å². The molecule has 2 aliphatic rings. The van der Waals surface area contributed by atoms with Crippen molar-refractivity contribution in [1.29, 1.82) is 0 Å². The molecule has 1 amide bonds. The molecule has 198 valence electrons. The van der Waals surface area contributed by atoms with Crippen molar-refractivity contribution in [1.82, 2.24) is 9.88 Å². The predicted molar refractivity (Wildman–Crippen MR) is 141 cm³/mol. The summed E-state index contributed by atoms with van der Waals surface area (Å²) in [7, 11) is 0. The Morgan fingerprint density at radius 1 is 1.13 bits per heavy atom. The minimum Gasteiger partial charge on any atom is -0.481 e. The number of carbonyl (C=O) groups is 2. The first kappa shape index (κ1) is 25.6. The van der Waals surface area contributed by atoms with Crippen LogP contribution in [0.1, 0.15) is 60.9 Å². The molecule has 3 atom stereocenters. The van der Waals surface area contributed by atoms with Crippen molar-refractivity contribution in [2.24, 2.45) is 5.92 Å². The Kier molecular flexibility index (Phi) is 6.97. The number of aliphatic carboxylic acids is 1. The number of hydrogen-bond donors (Lipinski definition) is 2. The molecule has 1 fully saturated rings. The lowest BCUT2D eigenvalue weighted by Gasteiger charge is -2.26. The number of rotatable bonds is 10. The molecule has 1 aliphatic carbocycles. The first-order valence-electron chi connectivity index (χ1n) is 13.0. The maximum atomic E-state index is 13.9. The highest BCUT2D eigenvalue weighted by molar-refractivity contribution is 5.85. The van der Waals surface area contributed by atoms with Crippen molar-refractivity contribution in [3.8, 4) is 11.5 Å². The van der Waals surface area contributed by atoms with Crippen LogP contribution in [-0.2, 0) is 21.5 Å². The zero-order valence-corrected chi connectivity index (χ0v) is 21.6. The summed E-state index contributed by atoms with van der Waals surface area (Å²) in [5.74, 6) is -1.01. The van der Waals surface area contributed by atoms with Crippen molar-refractivity contribution in [3.05, 3.63) is 93.4 Å². The number of nitrogens with one attached hydrogen (secondary N) is 1. The van der Waals surface area contributed by atoms with Crippen LogP contribution in [0.5, 0.6) is 11.5 Å². The maximum absolute atomic E-state index is 13.9. The number of carbonyl (C=O) groups excluding carboxylic acids is 1. The topological polar surface area (TPSA) is 107 Å². The zero-order chi connectivity index (χ0) is 26.9. The molecule has 2 heterocycles. The van der Waals surface area contributed by atoms with Gasteiger partial charge < -0.3 is 24.5 Å². The third kappa shape index (κ3) is 4.90. The molecule has 8 nitrogen and oxygen atoms in total. The molecule has 0 saturated heterocycles. The third-order valence-corrected chi connectivity index (χ3v) is 7.45. The van der Waals surface area contributed by atoms with Gasteiger partial charge in [0.2, 0.25) is 12.7 Å². The summed E-state index contributed by atoms with van der Waals surface area (Å²) in [6, 6.07) is 16.1. The van der Waals surface area contributed by atoms with Crippen molar-refractivity contribution >= 4 is 11.9 Å². The molecule has 2 aromatic carbocycles. The van der Waals surface area contributed by atoms with E-state index in [1.807, 2.05) is 50.2 Å². The van der Waals surface area contributed by atoms with Crippen LogP contribution in [-0.4, -0.2) is 28.3 Å². The van der Waals surface area contributed by atoms with Gasteiger partial charge in [0.1, 0.15) is 6.04 Å². The van der Waals surface area contributed by atoms with E-state index in [4.69, 9.17) is 9.47 Å². The number of benzene rings is 2. The number of nitrogens with zero attached hydrogens (tertiary/aromatic N) is 1. The van der Waals surface area contributed by atoms with Crippen LogP contribution < -0.4 is 20.3 Å². The van der Waals surface area contributed by atoms with E-state index < -0.39 is 23.5 Å². The van der Waals surface area contributed by atoms with Crippen LogP contribution in [0, 0.1) is 12.8 Å². The van der Waals surface area contributed by atoms with Gasteiger partial charge in [-0.05, 0) is 54.7 Å². The molecule has 2 N–H and O–H groups in total. The molecule has 8 heteroatoms. The number of carboxylic acid groups (broad SMARTS) is 1. The minimum absolute atomic E-state index is 0.0984. The fourth-order valence-electron chi connectivity index (χ4n) is 5.35. The molecule has 5 rings (SSSR count). The molecule has 1 saturated carbocycles. The number of carboxylic acids is 1. The highest BCUT2D eigenvalue weighted by atomic mass is 16.7. The van der Waals surface area contributed by atoms with E-state index in [9.17, 15) is 19.5 Å². The number of amides is 1. The quantitative estimate of drug-likeness (QED) is 0.416.